The smallest absolute Gasteiger partial charge is 0.306 e. The molecule has 0 amide bonds. The zero-order chi connectivity index (χ0) is 40.0. The van der Waals surface area contributed by atoms with Crippen LogP contribution < -0.4 is 5.11 Å². The monoisotopic (exact) mass is 756 g/mol. The zero-order valence-electron chi connectivity index (χ0n) is 34.9. The minimum Gasteiger partial charge on any atom is -0.544 e. The van der Waals surface area contributed by atoms with Gasteiger partial charge in [0.15, 0.2) is 6.10 Å². The lowest BCUT2D eigenvalue weighted by Crippen LogP contribution is -2.55. The van der Waals surface area contributed by atoms with Crippen molar-refractivity contribution >= 4 is 17.9 Å². The Labute approximate surface area is 330 Å². The van der Waals surface area contributed by atoms with Gasteiger partial charge in [-0.15, -0.1) is 0 Å². The third-order valence-electron chi connectivity index (χ3n) is 8.84. The van der Waals surface area contributed by atoms with Gasteiger partial charge in [0, 0.05) is 19.3 Å². The summed E-state index contributed by atoms with van der Waals surface area (Å²) in [6.07, 6.45) is 44.9. The quantitative estimate of drug-likeness (QED) is 0.0272. The maximum absolute atomic E-state index is 12.7. The molecule has 54 heavy (non-hydrogen) atoms. The third kappa shape index (κ3) is 34.5. The number of likely N-dealkylation sites (N-methyl/N-ethyl adjacent to an activating group) is 1. The van der Waals surface area contributed by atoms with Gasteiger partial charge in [-0.05, 0) is 77.0 Å². The molecule has 0 saturated carbocycles. The molecule has 0 aromatic rings. The molecule has 308 valence electrons. The fourth-order valence-electron chi connectivity index (χ4n) is 5.63. The van der Waals surface area contributed by atoms with Crippen LogP contribution >= 0.6 is 0 Å². The Hall–Kier alpha value is -3.23. The third-order valence-corrected chi connectivity index (χ3v) is 8.84. The number of carbonyl (C=O) groups excluding carboxylic acids is 3. The number of nitrogens with zero attached hydrogens (tertiary/aromatic N) is 1. The second kappa shape index (κ2) is 36.7. The molecule has 0 spiro atoms. The first-order valence-corrected chi connectivity index (χ1v) is 21.0. The maximum Gasteiger partial charge on any atom is 0.306 e. The second-order valence-electron chi connectivity index (χ2n) is 14.8. The van der Waals surface area contributed by atoms with Gasteiger partial charge in [0.1, 0.15) is 12.6 Å². The van der Waals surface area contributed by atoms with E-state index < -0.39 is 18.1 Å². The van der Waals surface area contributed by atoms with Gasteiger partial charge in [0.05, 0.1) is 40.3 Å². The number of carboxylic acid groups (broad SMARTS) is 1. The summed E-state index contributed by atoms with van der Waals surface area (Å²) >= 11 is 0. The lowest BCUT2D eigenvalue weighted by molar-refractivity contribution is -0.889. The van der Waals surface area contributed by atoms with Crippen LogP contribution in [0.25, 0.3) is 0 Å². The normalized spacial score (nSPS) is 13.7. The summed E-state index contributed by atoms with van der Waals surface area (Å²) in [7, 11) is 5.38. The summed E-state index contributed by atoms with van der Waals surface area (Å²) in [5, 5.41) is 11.6. The number of esters is 2. The average molecular weight is 756 g/mol. The van der Waals surface area contributed by atoms with Crippen LogP contribution in [-0.4, -0.2) is 75.5 Å². The first-order valence-electron chi connectivity index (χ1n) is 21.0. The topological polar surface area (TPSA) is 102 Å². The molecule has 0 fully saturated rings. The van der Waals surface area contributed by atoms with Crippen molar-refractivity contribution in [2.24, 2.45) is 0 Å². The van der Waals surface area contributed by atoms with E-state index in [0.717, 1.165) is 116 Å². The highest BCUT2D eigenvalue weighted by Gasteiger charge is 2.25. The van der Waals surface area contributed by atoms with Gasteiger partial charge in [-0.3, -0.25) is 9.59 Å². The highest BCUT2D eigenvalue weighted by atomic mass is 16.6. The Morgan fingerprint density at radius 1 is 0.556 bits per heavy atom. The number of rotatable bonds is 36. The van der Waals surface area contributed by atoms with Gasteiger partial charge in [0.2, 0.25) is 0 Å². The predicted molar refractivity (Wildman–Crippen MR) is 222 cm³/mol. The number of carboxylic acids is 1. The summed E-state index contributed by atoms with van der Waals surface area (Å²) in [6.45, 7) is 4.38. The van der Waals surface area contributed by atoms with E-state index in [0.29, 0.717) is 12.8 Å². The van der Waals surface area contributed by atoms with Gasteiger partial charge >= 0.3 is 11.9 Å². The van der Waals surface area contributed by atoms with E-state index in [1.54, 1.807) is 21.1 Å². The van der Waals surface area contributed by atoms with Crippen LogP contribution in [0.5, 0.6) is 0 Å². The lowest BCUT2D eigenvalue weighted by Gasteiger charge is -2.34. The summed E-state index contributed by atoms with van der Waals surface area (Å²) in [6, 6.07) is -0.734. The van der Waals surface area contributed by atoms with Gasteiger partial charge in [-0.2, -0.15) is 0 Å². The maximum atomic E-state index is 12.7. The van der Waals surface area contributed by atoms with Crippen molar-refractivity contribution in [3.05, 3.63) is 72.9 Å². The first kappa shape index (κ1) is 50.8. The second-order valence-corrected chi connectivity index (χ2v) is 14.8. The number of carbonyl (C=O) groups is 3. The highest BCUT2D eigenvalue weighted by molar-refractivity contribution is 5.70. The van der Waals surface area contributed by atoms with Crippen LogP contribution in [-0.2, 0) is 28.6 Å². The Kier molecular flexibility index (Phi) is 34.5. The van der Waals surface area contributed by atoms with Gasteiger partial charge in [0.25, 0.3) is 0 Å². The molecule has 8 heteroatoms. The molecule has 0 bridgehead atoms. The molecule has 0 aliphatic rings. The van der Waals surface area contributed by atoms with E-state index in [2.05, 4.69) is 86.8 Å². The first-order chi connectivity index (χ1) is 26.1. The standard InChI is InChI=1S/C46H77NO7/c1-6-8-10-12-14-16-18-20-22-24-26-28-30-32-34-36-44(48)53-41-42(40-52-39-38-43(46(50)51)47(3,4)5)54-45(49)37-35-33-31-29-27-25-23-21-19-17-15-13-11-9-7-2/h8-11,14-17,20-23,42-43H,6-7,12-13,18-19,24-41H2,1-5H3/b10-8-,11-9-,16-14-,17-15-,22-20-,23-21-. The molecule has 0 rings (SSSR count). The molecule has 0 aromatic heterocycles. The fraction of sp³-hybridized carbons (Fsp3) is 0.674. The van der Waals surface area contributed by atoms with Crippen molar-refractivity contribution in [2.75, 3.05) is 41.0 Å². The Morgan fingerprint density at radius 3 is 1.44 bits per heavy atom. The van der Waals surface area contributed by atoms with Crippen LogP contribution in [0.15, 0.2) is 72.9 Å². The van der Waals surface area contributed by atoms with E-state index >= 15 is 0 Å². The van der Waals surface area contributed by atoms with Crippen LogP contribution in [0.3, 0.4) is 0 Å². The molecule has 2 atom stereocenters. The van der Waals surface area contributed by atoms with Crippen LogP contribution in [0.2, 0.25) is 0 Å². The SMILES string of the molecule is CC/C=C\C/C=C\C/C=C\CCCCCCCC(=O)OCC(COCCC(C(=O)[O-])[N+](C)(C)C)OC(=O)CCCCCCC/C=C\C/C=C\C/C=C\CC. The number of ether oxygens (including phenoxy) is 3. The summed E-state index contributed by atoms with van der Waals surface area (Å²) in [5.41, 5.74) is 0. The minimum atomic E-state index is -1.13. The number of quaternary nitrogens is 1. The average Bonchev–Trinajstić information content (AvgIpc) is 3.12. The molecule has 0 N–H and O–H groups in total. The number of allylic oxidation sites excluding steroid dienone is 12. The van der Waals surface area contributed by atoms with E-state index in [1.165, 1.54) is 0 Å². The number of unbranched alkanes of at least 4 members (excludes halogenated alkanes) is 10. The fourth-order valence-corrected chi connectivity index (χ4v) is 5.63. The molecule has 0 saturated heterocycles. The number of hydrogen-bond acceptors (Lipinski definition) is 7. The van der Waals surface area contributed by atoms with Crippen molar-refractivity contribution in [3.8, 4) is 0 Å². The molecule has 0 aliphatic carbocycles. The summed E-state index contributed by atoms with van der Waals surface area (Å²) < 4.78 is 17.1. The highest BCUT2D eigenvalue weighted by Crippen LogP contribution is 2.12. The zero-order valence-corrected chi connectivity index (χ0v) is 34.9. The number of hydrogen-bond donors (Lipinski definition) is 0. The largest absolute Gasteiger partial charge is 0.544 e. The van der Waals surface area contributed by atoms with Crippen molar-refractivity contribution in [3.63, 3.8) is 0 Å². The Bertz CT molecular complexity index is 1110. The Balaban J connectivity index is 4.44. The van der Waals surface area contributed by atoms with Gasteiger partial charge in [-0.1, -0.05) is 125 Å². The molecule has 8 nitrogen and oxygen atoms in total. The van der Waals surface area contributed by atoms with Crippen LogP contribution in [0.4, 0.5) is 0 Å². The van der Waals surface area contributed by atoms with Crippen molar-refractivity contribution in [2.45, 2.75) is 161 Å². The molecule has 2 unspecified atom stereocenters. The van der Waals surface area contributed by atoms with E-state index in [-0.39, 0.29) is 42.7 Å². The van der Waals surface area contributed by atoms with Crippen molar-refractivity contribution < 1.29 is 38.2 Å². The molecular weight excluding hydrogens is 679 g/mol. The van der Waals surface area contributed by atoms with Crippen molar-refractivity contribution in [1.82, 2.24) is 0 Å². The molecule has 0 aromatic carbocycles. The minimum absolute atomic E-state index is 0.0240. The van der Waals surface area contributed by atoms with Gasteiger partial charge in [-0.25, -0.2) is 0 Å². The summed E-state index contributed by atoms with van der Waals surface area (Å²) in [5.74, 6) is -1.79. The van der Waals surface area contributed by atoms with Gasteiger partial charge < -0.3 is 28.6 Å². The van der Waals surface area contributed by atoms with E-state index in [1.807, 2.05) is 0 Å². The summed E-state index contributed by atoms with van der Waals surface area (Å²) in [4.78, 5) is 36.8. The Morgan fingerprint density at radius 2 is 0.981 bits per heavy atom. The van der Waals surface area contributed by atoms with Crippen LogP contribution in [0, 0.1) is 0 Å². The molecule has 0 heterocycles. The molecule has 0 aliphatic heterocycles. The molecular formula is C46H77NO7. The number of aliphatic carboxylic acids is 1. The molecule has 0 radical (unpaired) electrons. The van der Waals surface area contributed by atoms with Crippen molar-refractivity contribution in [1.29, 1.82) is 0 Å². The van der Waals surface area contributed by atoms with E-state index in [4.69, 9.17) is 14.2 Å². The lowest BCUT2D eigenvalue weighted by atomic mass is 10.1. The predicted octanol–water partition coefficient (Wildman–Crippen LogP) is 9.85. The van der Waals surface area contributed by atoms with Crippen LogP contribution in [0.1, 0.15) is 149 Å². The van der Waals surface area contributed by atoms with E-state index in [9.17, 15) is 19.5 Å².